The number of guanidine groups is 1. The van der Waals surface area contributed by atoms with Crippen LogP contribution in [-0.2, 0) is 0 Å². The molecule has 0 spiro atoms. The average molecular weight is 278 g/mol. The summed E-state index contributed by atoms with van der Waals surface area (Å²) in [5, 5.41) is 6.49. The largest absolute Gasteiger partial charge is 0.490 e. The number of rotatable bonds is 9. The highest BCUT2D eigenvalue weighted by molar-refractivity contribution is 5.79. The zero-order valence-electron chi connectivity index (χ0n) is 12.6. The number of aliphatic imine (C=N–C) groups is 1. The third-order valence-electron chi connectivity index (χ3n) is 2.67. The Morgan fingerprint density at radius 3 is 2.90 bits per heavy atom. The van der Waals surface area contributed by atoms with Crippen molar-refractivity contribution in [2.45, 2.75) is 33.1 Å². The molecule has 0 radical (unpaired) electrons. The molecule has 0 atom stereocenters. The van der Waals surface area contributed by atoms with E-state index in [1.165, 1.54) is 12.8 Å². The number of nitrogens with zero attached hydrogens (tertiary/aromatic N) is 2. The second kappa shape index (κ2) is 11.1. The quantitative estimate of drug-likeness (QED) is 0.413. The van der Waals surface area contributed by atoms with Crippen molar-refractivity contribution < 1.29 is 4.74 Å². The molecule has 112 valence electrons. The van der Waals surface area contributed by atoms with Gasteiger partial charge in [-0.25, -0.2) is 0 Å². The summed E-state index contributed by atoms with van der Waals surface area (Å²) in [6.07, 6.45) is 7.03. The van der Waals surface area contributed by atoms with E-state index in [2.05, 4.69) is 34.5 Å². The Bertz CT molecular complexity index is 367. The SMILES string of the molecule is CCCCCN=C(NCC)NCCOc1cccnc1. The van der Waals surface area contributed by atoms with E-state index in [0.717, 1.165) is 31.2 Å². The van der Waals surface area contributed by atoms with E-state index in [1.54, 1.807) is 12.4 Å². The number of hydrogen-bond acceptors (Lipinski definition) is 3. The van der Waals surface area contributed by atoms with Crippen molar-refractivity contribution in [1.29, 1.82) is 0 Å². The van der Waals surface area contributed by atoms with Crippen molar-refractivity contribution in [3.05, 3.63) is 24.5 Å². The lowest BCUT2D eigenvalue weighted by Gasteiger charge is -2.11. The minimum absolute atomic E-state index is 0.588. The van der Waals surface area contributed by atoms with Gasteiger partial charge in [0.15, 0.2) is 5.96 Å². The van der Waals surface area contributed by atoms with E-state index in [0.29, 0.717) is 13.2 Å². The Morgan fingerprint density at radius 1 is 1.30 bits per heavy atom. The topological polar surface area (TPSA) is 58.5 Å². The minimum Gasteiger partial charge on any atom is -0.490 e. The molecule has 0 aromatic carbocycles. The summed E-state index contributed by atoms with van der Waals surface area (Å²) < 4.78 is 5.57. The highest BCUT2D eigenvalue weighted by Gasteiger charge is 1.97. The van der Waals surface area contributed by atoms with Gasteiger partial charge in [0.2, 0.25) is 0 Å². The third-order valence-corrected chi connectivity index (χ3v) is 2.67. The van der Waals surface area contributed by atoms with E-state index >= 15 is 0 Å². The third kappa shape index (κ3) is 7.61. The van der Waals surface area contributed by atoms with E-state index < -0.39 is 0 Å². The van der Waals surface area contributed by atoms with Gasteiger partial charge in [0.25, 0.3) is 0 Å². The van der Waals surface area contributed by atoms with Crippen LogP contribution in [0.15, 0.2) is 29.5 Å². The fraction of sp³-hybridized carbons (Fsp3) is 0.600. The molecular formula is C15H26N4O. The Labute approximate surface area is 121 Å². The van der Waals surface area contributed by atoms with Gasteiger partial charge in [0.05, 0.1) is 12.7 Å². The van der Waals surface area contributed by atoms with Crippen molar-refractivity contribution in [2.75, 3.05) is 26.2 Å². The molecule has 1 heterocycles. The van der Waals surface area contributed by atoms with Crippen LogP contribution in [0.5, 0.6) is 5.75 Å². The summed E-state index contributed by atoms with van der Waals surface area (Å²) >= 11 is 0. The van der Waals surface area contributed by atoms with Crippen LogP contribution >= 0.6 is 0 Å². The predicted octanol–water partition coefficient (Wildman–Crippen LogP) is 2.21. The van der Waals surface area contributed by atoms with Crippen LogP contribution in [0.25, 0.3) is 0 Å². The van der Waals surface area contributed by atoms with Gasteiger partial charge in [-0.3, -0.25) is 9.98 Å². The first-order valence-electron chi connectivity index (χ1n) is 7.41. The molecule has 5 heteroatoms. The van der Waals surface area contributed by atoms with Crippen molar-refractivity contribution in [3.8, 4) is 5.75 Å². The summed E-state index contributed by atoms with van der Waals surface area (Å²) in [7, 11) is 0. The first-order valence-corrected chi connectivity index (χ1v) is 7.41. The van der Waals surface area contributed by atoms with Gasteiger partial charge >= 0.3 is 0 Å². The van der Waals surface area contributed by atoms with E-state index in [-0.39, 0.29) is 0 Å². The molecule has 0 unspecified atom stereocenters. The van der Waals surface area contributed by atoms with Crippen LogP contribution in [0.1, 0.15) is 33.1 Å². The molecule has 1 aromatic rings. The van der Waals surface area contributed by atoms with Crippen LogP contribution in [0.3, 0.4) is 0 Å². The number of aromatic nitrogens is 1. The zero-order chi connectivity index (χ0) is 14.5. The first-order chi connectivity index (χ1) is 9.86. The molecule has 0 saturated carbocycles. The Hall–Kier alpha value is -1.78. The average Bonchev–Trinajstić information content (AvgIpc) is 2.49. The fourth-order valence-electron chi connectivity index (χ4n) is 1.67. The maximum atomic E-state index is 5.57. The number of hydrogen-bond donors (Lipinski definition) is 2. The number of nitrogens with one attached hydrogen (secondary N) is 2. The van der Waals surface area contributed by atoms with Gasteiger partial charge in [-0.1, -0.05) is 19.8 Å². The maximum Gasteiger partial charge on any atom is 0.191 e. The van der Waals surface area contributed by atoms with E-state index in [4.69, 9.17) is 4.74 Å². The lowest BCUT2D eigenvalue weighted by Crippen LogP contribution is -2.39. The summed E-state index contributed by atoms with van der Waals surface area (Å²) in [5.41, 5.74) is 0. The van der Waals surface area contributed by atoms with Crippen LogP contribution in [0, 0.1) is 0 Å². The molecular weight excluding hydrogens is 252 g/mol. The zero-order valence-corrected chi connectivity index (χ0v) is 12.6. The van der Waals surface area contributed by atoms with Crippen molar-refractivity contribution in [3.63, 3.8) is 0 Å². The Morgan fingerprint density at radius 2 is 2.20 bits per heavy atom. The molecule has 1 aromatic heterocycles. The lowest BCUT2D eigenvalue weighted by molar-refractivity contribution is 0.320. The summed E-state index contributed by atoms with van der Waals surface area (Å²) in [6.45, 7) is 7.30. The van der Waals surface area contributed by atoms with Crippen LogP contribution in [0.4, 0.5) is 0 Å². The lowest BCUT2D eigenvalue weighted by atomic mass is 10.2. The van der Waals surface area contributed by atoms with Crippen LogP contribution in [-0.4, -0.2) is 37.2 Å². The van der Waals surface area contributed by atoms with Gasteiger partial charge in [-0.05, 0) is 25.5 Å². The molecule has 0 bridgehead atoms. The highest BCUT2D eigenvalue weighted by atomic mass is 16.5. The standard InChI is InChI=1S/C15H26N4O/c1-3-5-6-10-18-15(17-4-2)19-11-12-20-14-8-7-9-16-13-14/h7-9,13H,3-6,10-12H2,1-2H3,(H2,17,18,19). The molecule has 2 N–H and O–H groups in total. The molecule has 0 amide bonds. The van der Waals surface area contributed by atoms with Gasteiger partial charge < -0.3 is 15.4 Å². The van der Waals surface area contributed by atoms with Gasteiger partial charge in [0.1, 0.15) is 12.4 Å². The second-order valence-electron chi connectivity index (χ2n) is 4.43. The smallest absolute Gasteiger partial charge is 0.191 e. The molecule has 1 rings (SSSR count). The van der Waals surface area contributed by atoms with E-state index in [9.17, 15) is 0 Å². The molecule has 0 aliphatic rings. The summed E-state index contributed by atoms with van der Waals surface area (Å²) in [6, 6.07) is 3.76. The van der Waals surface area contributed by atoms with Gasteiger partial charge in [0, 0.05) is 19.3 Å². The van der Waals surface area contributed by atoms with Crippen molar-refractivity contribution in [1.82, 2.24) is 15.6 Å². The van der Waals surface area contributed by atoms with Gasteiger partial charge in [-0.15, -0.1) is 0 Å². The molecule has 5 nitrogen and oxygen atoms in total. The Kier molecular flexibility index (Phi) is 9.02. The number of ether oxygens (including phenoxy) is 1. The normalized spacial score (nSPS) is 11.2. The van der Waals surface area contributed by atoms with Crippen molar-refractivity contribution in [2.24, 2.45) is 4.99 Å². The molecule has 0 aliphatic heterocycles. The van der Waals surface area contributed by atoms with Crippen molar-refractivity contribution >= 4 is 5.96 Å². The van der Waals surface area contributed by atoms with E-state index in [1.807, 2.05) is 12.1 Å². The molecule has 0 fully saturated rings. The predicted molar refractivity (Wildman–Crippen MR) is 83.2 cm³/mol. The Balaban J connectivity index is 2.21. The highest BCUT2D eigenvalue weighted by Crippen LogP contribution is 2.04. The number of pyridine rings is 1. The maximum absolute atomic E-state index is 5.57. The molecule has 20 heavy (non-hydrogen) atoms. The summed E-state index contributed by atoms with van der Waals surface area (Å²) in [5.74, 6) is 1.65. The first kappa shape index (κ1) is 16.3. The molecule has 0 saturated heterocycles. The second-order valence-corrected chi connectivity index (χ2v) is 4.43. The number of unbranched alkanes of at least 4 members (excludes halogenated alkanes) is 2. The monoisotopic (exact) mass is 278 g/mol. The fourth-order valence-corrected chi connectivity index (χ4v) is 1.67. The minimum atomic E-state index is 0.588. The summed E-state index contributed by atoms with van der Waals surface area (Å²) in [4.78, 5) is 8.53. The molecule has 0 aliphatic carbocycles. The van der Waals surface area contributed by atoms with Crippen LogP contribution in [0.2, 0.25) is 0 Å². The van der Waals surface area contributed by atoms with Crippen LogP contribution < -0.4 is 15.4 Å². The van der Waals surface area contributed by atoms with Gasteiger partial charge in [-0.2, -0.15) is 0 Å².